The molecule has 0 saturated carbocycles. The van der Waals surface area contributed by atoms with Crippen LogP contribution in [0.3, 0.4) is 0 Å². The van der Waals surface area contributed by atoms with Crippen LogP contribution in [0.2, 0.25) is 26.8 Å². The summed E-state index contributed by atoms with van der Waals surface area (Å²) >= 11 is -1.56. The van der Waals surface area contributed by atoms with Crippen LogP contribution in [0.4, 0.5) is 0 Å². The molecular formula is C95H96O9Te6. The van der Waals surface area contributed by atoms with Gasteiger partial charge in [0.1, 0.15) is 0 Å². The fraction of sp³-hybridized carbons (Fsp3) is 0.242. The van der Waals surface area contributed by atoms with Gasteiger partial charge in [-0.05, 0) is 23.6 Å². The molecule has 566 valence electrons. The fourth-order valence-electron chi connectivity index (χ4n) is 12.0. The Kier molecular flexibility index (Phi) is 35.7. The molecule has 0 amide bonds. The SMILES string of the molecule is CC(c1ccc(OCc2cc(OCCC[Te]c3ccccc3)cc(OCCC[Te]c3ccccc3)c2)cc1)(c1ccc(OCc2cc(OCCC[Te]c3ccccc3)cc(OCCC[Te]c3ccccc3)c2)cc1)c1ccc(OCc2cc(OCCC[Te]c3ccccc3)cc(OCCC[Te]c3ccccc3)c2)cc1. The van der Waals surface area contributed by atoms with Gasteiger partial charge >= 0.3 is 692 Å². The second-order valence-electron chi connectivity index (χ2n) is 26.2. The number of benzene rings is 12. The van der Waals surface area contributed by atoms with Crippen LogP contribution in [0.25, 0.3) is 0 Å². The average molecular weight is 2150 g/mol. The normalized spacial score (nSPS) is 11.2. The van der Waals surface area contributed by atoms with Crippen molar-refractivity contribution in [3.63, 3.8) is 0 Å². The quantitative estimate of drug-likeness (QED) is 0.0210. The Bertz CT molecular complexity index is 3900. The molecule has 0 atom stereocenters. The Morgan fingerprint density at radius 2 is 0.382 bits per heavy atom. The van der Waals surface area contributed by atoms with E-state index in [1.165, 1.54) is 48.5 Å². The zero-order chi connectivity index (χ0) is 75.1. The number of ether oxygens (including phenoxy) is 9. The first-order valence-corrected chi connectivity index (χ1v) is 54.7. The summed E-state index contributed by atoms with van der Waals surface area (Å²) < 4.78 is 74.8. The Morgan fingerprint density at radius 1 is 0.200 bits per heavy atom. The predicted molar refractivity (Wildman–Crippen MR) is 458 cm³/mol. The molecule has 12 aromatic rings. The summed E-state index contributed by atoms with van der Waals surface area (Å²) in [5.41, 5.74) is 5.67. The van der Waals surface area contributed by atoms with Gasteiger partial charge in [-0.25, -0.2) is 0 Å². The molecule has 0 bridgehead atoms. The van der Waals surface area contributed by atoms with Gasteiger partial charge in [0.05, 0.1) is 0 Å². The standard InChI is InChI=1S/C95H96O9Te6/c1-95(77-38-44-80(45-39-77)102-71-74-62-83(96-50-20-56-105-89-26-8-2-9-27-89)68-84(63-74)97-51-21-57-106-90-28-10-3-11-29-90,78-40-46-81(47-41-78)103-72-75-64-85(98-52-22-58-107-91-30-12-4-13-31-91)69-86(65-75)99-53-23-59-108-92-32-14-5-15-33-92)79-42-48-82(49-43-79)104-73-76-66-87(100-54-24-60-109-93-34-16-6-17-35-93)70-88(67-76)101-55-25-61-110-94-36-18-7-19-37-94/h2-19,26-49,62-70H,20-25,50-61,71-73H2,1H3. The Labute approximate surface area is 713 Å². The zero-order valence-electron chi connectivity index (χ0n) is 62.4. The van der Waals surface area contributed by atoms with Crippen LogP contribution in [-0.4, -0.2) is 165 Å². The molecule has 0 N–H and O–H groups in total. The zero-order valence-corrected chi connectivity index (χ0v) is 76.4. The van der Waals surface area contributed by atoms with Crippen molar-refractivity contribution >= 4 is 147 Å². The molecule has 0 aromatic heterocycles. The van der Waals surface area contributed by atoms with Crippen molar-refractivity contribution in [2.24, 2.45) is 0 Å². The summed E-state index contributed by atoms with van der Waals surface area (Å²) in [7, 11) is 0. The molecule has 110 heavy (non-hydrogen) atoms. The molecule has 15 heteroatoms. The van der Waals surface area contributed by atoms with Crippen LogP contribution in [0.1, 0.15) is 78.8 Å². The second kappa shape index (κ2) is 47.3. The van der Waals surface area contributed by atoms with Gasteiger partial charge in [-0.3, -0.25) is 0 Å². The molecule has 0 heterocycles. The molecule has 0 saturated heterocycles. The Hall–Kier alpha value is -6.42. The summed E-state index contributed by atoms with van der Waals surface area (Å²) in [4.78, 5) is 0. The molecule has 0 fully saturated rings. The third-order valence-corrected chi connectivity index (χ3v) is 36.6. The first-order chi connectivity index (χ1) is 54.4. The van der Waals surface area contributed by atoms with Crippen molar-refractivity contribution in [1.29, 1.82) is 0 Å². The number of rotatable bonds is 48. The second-order valence-corrected chi connectivity index (χ2v) is 46.2. The Morgan fingerprint density at radius 3 is 0.564 bits per heavy atom. The Balaban J connectivity index is 0.746. The van der Waals surface area contributed by atoms with Crippen molar-refractivity contribution in [3.05, 3.63) is 343 Å². The maximum absolute atomic E-state index is 6.67. The van der Waals surface area contributed by atoms with Gasteiger partial charge in [0.25, 0.3) is 0 Å². The maximum atomic E-state index is 6.67. The van der Waals surface area contributed by atoms with E-state index in [0.717, 1.165) is 124 Å². The van der Waals surface area contributed by atoms with Gasteiger partial charge in [0.2, 0.25) is 0 Å². The molecule has 9 nitrogen and oxygen atoms in total. The van der Waals surface area contributed by atoms with Crippen LogP contribution in [0.5, 0.6) is 51.7 Å². The van der Waals surface area contributed by atoms with Crippen LogP contribution in [-0.2, 0) is 25.2 Å². The van der Waals surface area contributed by atoms with Crippen molar-refractivity contribution in [2.45, 2.75) is 97.5 Å². The van der Waals surface area contributed by atoms with Crippen LogP contribution in [0, 0.1) is 0 Å². The van der Waals surface area contributed by atoms with E-state index in [1.54, 1.807) is 0 Å². The molecule has 0 unspecified atom stereocenters. The molecule has 12 rings (SSSR count). The number of hydrogen-bond donors (Lipinski definition) is 0. The van der Waals surface area contributed by atoms with Gasteiger partial charge in [0.15, 0.2) is 0 Å². The van der Waals surface area contributed by atoms with E-state index in [9.17, 15) is 0 Å². The van der Waals surface area contributed by atoms with E-state index in [0.29, 0.717) is 59.5 Å². The van der Waals surface area contributed by atoms with Crippen molar-refractivity contribution in [3.8, 4) is 51.7 Å². The van der Waals surface area contributed by atoms with Gasteiger partial charge in [-0.2, -0.15) is 0 Å². The summed E-state index contributed by atoms with van der Waals surface area (Å²) in [6.45, 7) is 7.28. The van der Waals surface area contributed by atoms with Gasteiger partial charge in [0, 0.05) is 5.41 Å². The van der Waals surface area contributed by atoms with Gasteiger partial charge in [-0.15, -0.1) is 0 Å². The first kappa shape index (κ1) is 83.0. The monoisotopic (exact) mass is 2160 g/mol. The fourth-order valence-corrected chi connectivity index (χ4v) is 26.5. The summed E-state index contributed by atoms with van der Waals surface area (Å²) in [5.74, 6) is 7.15. The average Bonchev–Trinajstić information content (AvgIpc) is 0.762. The topological polar surface area (TPSA) is 83.1 Å². The molecule has 0 radical (unpaired) electrons. The third-order valence-electron chi connectivity index (χ3n) is 17.7. The minimum atomic E-state index is -0.615. The number of hydrogen-bond acceptors (Lipinski definition) is 9. The third kappa shape index (κ3) is 28.9. The predicted octanol–water partition coefficient (Wildman–Crippen LogP) is 17.1. The minimum absolute atomic E-state index is 0.260. The van der Waals surface area contributed by atoms with E-state index < -0.39 is 5.41 Å². The summed E-state index contributed by atoms with van der Waals surface area (Å²) in [5, 5.41) is 0. The van der Waals surface area contributed by atoms with E-state index in [-0.39, 0.29) is 126 Å². The van der Waals surface area contributed by atoms with Gasteiger partial charge in [-0.1, -0.05) is 0 Å². The van der Waals surface area contributed by atoms with Crippen LogP contribution >= 0.6 is 0 Å². The summed E-state index contributed by atoms with van der Waals surface area (Å²) in [6.07, 6.45) is 6.05. The van der Waals surface area contributed by atoms with Crippen LogP contribution in [0.15, 0.2) is 309 Å². The summed E-state index contributed by atoms with van der Waals surface area (Å²) in [6, 6.07) is 110. The molecule has 0 aliphatic heterocycles. The molecule has 0 spiro atoms. The van der Waals surface area contributed by atoms with Crippen LogP contribution < -0.4 is 64.3 Å². The molecular weight excluding hydrogens is 2050 g/mol. The van der Waals surface area contributed by atoms with Crippen molar-refractivity contribution in [2.75, 3.05) is 39.6 Å². The van der Waals surface area contributed by atoms with Gasteiger partial charge < -0.3 is 0 Å². The molecule has 0 aliphatic rings. The molecule has 12 aromatic carbocycles. The van der Waals surface area contributed by atoms with E-state index in [2.05, 4.69) is 298 Å². The first-order valence-electron chi connectivity index (χ1n) is 37.8. The van der Waals surface area contributed by atoms with E-state index in [1.807, 2.05) is 18.2 Å². The van der Waals surface area contributed by atoms with E-state index >= 15 is 0 Å². The molecule has 0 aliphatic carbocycles. The van der Waals surface area contributed by atoms with Crippen molar-refractivity contribution < 1.29 is 42.6 Å². The van der Waals surface area contributed by atoms with Crippen molar-refractivity contribution in [1.82, 2.24) is 0 Å². The van der Waals surface area contributed by atoms with E-state index in [4.69, 9.17) is 42.6 Å².